The Bertz CT molecular complexity index is 253. The molecule has 1 rings (SSSR count). The summed E-state index contributed by atoms with van der Waals surface area (Å²) < 4.78 is 11.0. The highest BCUT2D eigenvalue weighted by Crippen LogP contribution is 2.15. The third-order valence-corrected chi connectivity index (χ3v) is 3.46. The zero-order valence-corrected chi connectivity index (χ0v) is 12.3. The lowest BCUT2D eigenvalue weighted by atomic mass is 10.1. The van der Waals surface area contributed by atoms with E-state index in [1.165, 1.54) is 0 Å². The van der Waals surface area contributed by atoms with Crippen LogP contribution in [0.5, 0.6) is 0 Å². The maximum absolute atomic E-state index is 12.0. The van der Waals surface area contributed by atoms with Gasteiger partial charge in [-0.05, 0) is 26.2 Å². The summed E-state index contributed by atoms with van der Waals surface area (Å²) in [5.41, 5.74) is 5.87. The molecule has 19 heavy (non-hydrogen) atoms. The van der Waals surface area contributed by atoms with Crippen LogP contribution in [0.15, 0.2) is 0 Å². The molecule has 1 atom stereocenters. The molecule has 112 valence electrons. The molecule has 1 aliphatic rings. The number of nitrogens with zero attached hydrogens (tertiary/aromatic N) is 1. The molecule has 5 heteroatoms. The minimum Gasteiger partial charge on any atom is -0.379 e. The molecule has 0 saturated carbocycles. The van der Waals surface area contributed by atoms with E-state index >= 15 is 0 Å². The van der Waals surface area contributed by atoms with Gasteiger partial charge < -0.3 is 20.1 Å². The normalized spacial score (nSPS) is 18.6. The number of carbonyl (C=O) groups is 1. The van der Waals surface area contributed by atoms with Crippen molar-refractivity contribution in [2.24, 2.45) is 5.73 Å². The second-order valence-corrected chi connectivity index (χ2v) is 4.99. The molecule has 1 saturated heterocycles. The highest BCUT2D eigenvalue weighted by Gasteiger charge is 2.26. The first-order valence-corrected chi connectivity index (χ1v) is 7.42. The Balaban J connectivity index is 2.19. The molecule has 0 aromatic rings. The van der Waals surface area contributed by atoms with Crippen molar-refractivity contribution in [2.45, 2.75) is 51.7 Å². The van der Waals surface area contributed by atoms with Crippen molar-refractivity contribution in [3.8, 4) is 0 Å². The highest BCUT2D eigenvalue weighted by molar-refractivity contribution is 5.81. The molecule has 0 bridgehead atoms. The van der Waals surface area contributed by atoms with Crippen molar-refractivity contribution in [3.05, 3.63) is 0 Å². The van der Waals surface area contributed by atoms with E-state index in [9.17, 15) is 4.79 Å². The van der Waals surface area contributed by atoms with Gasteiger partial charge in [0.15, 0.2) is 0 Å². The second-order valence-electron chi connectivity index (χ2n) is 4.99. The number of ether oxygens (including phenoxy) is 2. The van der Waals surface area contributed by atoms with Gasteiger partial charge in [-0.1, -0.05) is 13.3 Å². The zero-order valence-electron chi connectivity index (χ0n) is 12.3. The maximum atomic E-state index is 12.0. The van der Waals surface area contributed by atoms with Crippen molar-refractivity contribution in [2.75, 3.05) is 32.9 Å². The zero-order chi connectivity index (χ0) is 14.1. The Morgan fingerprint density at radius 1 is 1.32 bits per heavy atom. The third kappa shape index (κ3) is 5.89. The van der Waals surface area contributed by atoms with Crippen LogP contribution >= 0.6 is 0 Å². The number of likely N-dealkylation sites (tertiary alicyclic amines) is 1. The molecule has 2 N–H and O–H groups in total. The first kappa shape index (κ1) is 16.4. The van der Waals surface area contributed by atoms with Crippen LogP contribution in [0.2, 0.25) is 0 Å². The van der Waals surface area contributed by atoms with Crippen molar-refractivity contribution < 1.29 is 14.3 Å². The van der Waals surface area contributed by atoms with Gasteiger partial charge in [0.05, 0.1) is 25.4 Å². The van der Waals surface area contributed by atoms with Crippen molar-refractivity contribution >= 4 is 5.91 Å². The van der Waals surface area contributed by atoms with Crippen molar-refractivity contribution in [3.63, 3.8) is 0 Å². The topological polar surface area (TPSA) is 64.8 Å². The molecule has 0 radical (unpaired) electrons. The average molecular weight is 272 g/mol. The van der Waals surface area contributed by atoms with E-state index in [4.69, 9.17) is 15.2 Å². The van der Waals surface area contributed by atoms with Crippen LogP contribution in [-0.4, -0.2) is 55.9 Å². The fraction of sp³-hybridized carbons (Fsp3) is 0.929. The Labute approximate surface area is 116 Å². The van der Waals surface area contributed by atoms with E-state index in [-0.39, 0.29) is 18.1 Å². The van der Waals surface area contributed by atoms with E-state index in [0.717, 1.165) is 45.4 Å². The Hall–Kier alpha value is -0.650. The van der Waals surface area contributed by atoms with Crippen LogP contribution in [0, 0.1) is 0 Å². The van der Waals surface area contributed by atoms with E-state index in [2.05, 4.69) is 0 Å². The summed E-state index contributed by atoms with van der Waals surface area (Å²) in [6.45, 7) is 7.56. The van der Waals surface area contributed by atoms with Crippen molar-refractivity contribution in [1.29, 1.82) is 0 Å². The van der Waals surface area contributed by atoms with Crippen molar-refractivity contribution in [1.82, 2.24) is 4.90 Å². The van der Waals surface area contributed by atoms with Crippen LogP contribution in [-0.2, 0) is 14.3 Å². The number of carbonyl (C=O) groups excluding carboxylic acids is 1. The molecular weight excluding hydrogens is 244 g/mol. The number of hydrogen-bond acceptors (Lipinski definition) is 4. The van der Waals surface area contributed by atoms with Gasteiger partial charge in [-0.3, -0.25) is 4.79 Å². The molecular formula is C14H28N2O3. The summed E-state index contributed by atoms with van der Waals surface area (Å²) >= 11 is 0. The van der Waals surface area contributed by atoms with Gasteiger partial charge in [0.2, 0.25) is 5.91 Å². The van der Waals surface area contributed by atoms with Crippen LogP contribution in [0.1, 0.15) is 39.5 Å². The molecule has 0 spiro atoms. The lowest BCUT2D eigenvalue weighted by molar-refractivity contribution is -0.135. The van der Waals surface area contributed by atoms with Gasteiger partial charge in [-0.25, -0.2) is 0 Å². The van der Waals surface area contributed by atoms with Crippen LogP contribution in [0.4, 0.5) is 0 Å². The standard InChI is InChI=1S/C14H28N2O3/c1-3-5-13(15)14(17)16-8-6-12(7-9-16)19-11-10-18-4-2/h12-13H,3-11,15H2,1-2H3/t13-/m0/s1. The number of piperidine rings is 1. The minimum atomic E-state index is -0.333. The molecule has 5 nitrogen and oxygen atoms in total. The van der Waals surface area contributed by atoms with E-state index in [1.807, 2.05) is 18.7 Å². The quantitative estimate of drug-likeness (QED) is 0.673. The molecule has 1 fully saturated rings. The van der Waals surface area contributed by atoms with E-state index in [1.54, 1.807) is 0 Å². The Morgan fingerprint density at radius 3 is 2.58 bits per heavy atom. The predicted molar refractivity (Wildman–Crippen MR) is 74.9 cm³/mol. The van der Waals surface area contributed by atoms with Crippen LogP contribution in [0.25, 0.3) is 0 Å². The van der Waals surface area contributed by atoms with Gasteiger partial charge in [0, 0.05) is 19.7 Å². The van der Waals surface area contributed by atoms with E-state index in [0.29, 0.717) is 13.2 Å². The highest BCUT2D eigenvalue weighted by atomic mass is 16.5. The summed E-state index contributed by atoms with van der Waals surface area (Å²) in [5.74, 6) is 0.0922. The predicted octanol–water partition coefficient (Wildman–Crippen LogP) is 1.16. The van der Waals surface area contributed by atoms with Crippen LogP contribution < -0.4 is 5.73 Å². The summed E-state index contributed by atoms with van der Waals surface area (Å²) in [6.07, 6.45) is 3.77. The molecule has 0 aliphatic carbocycles. The fourth-order valence-electron chi connectivity index (χ4n) is 2.33. The average Bonchev–Trinajstić information content (AvgIpc) is 2.44. The lowest BCUT2D eigenvalue weighted by Gasteiger charge is -2.33. The van der Waals surface area contributed by atoms with Crippen LogP contribution in [0.3, 0.4) is 0 Å². The molecule has 1 heterocycles. The summed E-state index contributed by atoms with van der Waals surface area (Å²) in [5, 5.41) is 0. The smallest absolute Gasteiger partial charge is 0.239 e. The first-order chi connectivity index (χ1) is 9.19. The summed E-state index contributed by atoms with van der Waals surface area (Å²) in [6, 6.07) is -0.333. The largest absolute Gasteiger partial charge is 0.379 e. The monoisotopic (exact) mass is 272 g/mol. The summed E-state index contributed by atoms with van der Waals surface area (Å²) in [7, 11) is 0. The van der Waals surface area contributed by atoms with Gasteiger partial charge in [0.25, 0.3) is 0 Å². The minimum absolute atomic E-state index is 0.0922. The van der Waals surface area contributed by atoms with Gasteiger partial charge in [-0.2, -0.15) is 0 Å². The molecule has 1 amide bonds. The number of nitrogens with two attached hydrogens (primary N) is 1. The van der Waals surface area contributed by atoms with Gasteiger partial charge >= 0.3 is 0 Å². The lowest BCUT2D eigenvalue weighted by Crippen LogP contribution is -2.48. The molecule has 1 aliphatic heterocycles. The van der Waals surface area contributed by atoms with Gasteiger partial charge in [0.1, 0.15) is 0 Å². The Morgan fingerprint density at radius 2 is 2.00 bits per heavy atom. The third-order valence-electron chi connectivity index (χ3n) is 3.46. The number of amides is 1. The molecule has 0 aromatic carbocycles. The number of hydrogen-bond donors (Lipinski definition) is 1. The van der Waals surface area contributed by atoms with E-state index < -0.39 is 0 Å². The number of rotatable bonds is 8. The Kier molecular flexibility index (Phi) is 8.02. The molecule has 0 unspecified atom stereocenters. The second kappa shape index (κ2) is 9.28. The summed E-state index contributed by atoms with van der Waals surface area (Å²) in [4.78, 5) is 13.9. The fourth-order valence-corrected chi connectivity index (χ4v) is 2.33. The van der Waals surface area contributed by atoms with Gasteiger partial charge in [-0.15, -0.1) is 0 Å². The molecule has 0 aromatic heterocycles. The first-order valence-electron chi connectivity index (χ1n) is 7.42. The maximum Gasteiger partial charge on any atom is 0.239 e. The SMILES string of the molecule is CCC[C@H](N)C(=O)N1CCC(OCCOCC)CC1.